The minimum Gasteiger partial charge on any atom is -0.395 e. The zero-order valence-corrected chi connectivity index (χ0v) is 9.55. The molecule has 1 aliphatic carbocycles. The number of carbonyl (C=O) groups excluding carboxylic acids is 2. The smallest absolute Gasteiger partial charge is 0.294 e. The Bertz CT molecular complexity index is 382. The van der Waals surface area contributed by atoms with Gasteiger partial charge in [-0.3, -0.25) is 9.59 Å². The highest BCUT2D eigenvalue weighted by Crippen LogP contribution is 2.29. The summed E-state index contributed by atoms with van der Waals surface area (Å²) in [6.45, 7) is 2.16. The van der Waals surface area contributed by atoms with E-state index in [4.69, 9.17) is 11.0 Å². The number of amides is 2. The molecule has 0 unspecified atom stereocenters. The lowest BCUT2D eigenvalue weighted by atomic mass is 10.3. The zero-order valence-electron chi connectivity index (χ0n) is 9.55. The SMILES string of the molecule is CCON=C(C(N)=O)C(=O)N(C#N)CC1CC1. The standard InChI is InChI=1S/C10H14N4O3/c1-2-17-13-8(9(12)15)10(16)14(6-11)5-7-3-4-7/h7H,2-5H2,1H3,(H2,12,15). The van der Waals surface area contributed by atoms with Gasteiger partial charge >= 0.3 is 0 Å². The Morgan fingerprint density at radius 3 is 2.65 bits per heavy atom. The largest absolute Gasteiger partial charge is 0.395 e. The first kappa shape index (κ1) is 13.0. The van der Waals surface area contributed by atoms with Gasteiger partial charge in [-0.15, -0.1) is 0 Å². The molecule has 1 rings (SSSR count). The molecule has 17 heavy (non-hydrogen) atoms. The Morgan fingerprint density at radius 1 is 1.59 bits per heavy atom. The number of rotatable bonds is 6. The van der Waals surface area contributed by atoms with Gasteiger partial charge in [-0.2, -0.15) is 5.26 Å². The van der Waals surface area contributed by atoms with Crippen molar-refractivity contribution in [1.29, 1.82) is 5.26 Å². The molecule has 0 heterocycles. The summed E-state index contributed by atoms with van der Waals surface area (Å²) in [6, 6.07) is 0. The lowest BCUT2D eigenvalue weighted by Crippen LogP contribution is -2.41. The third kappa shape index (κ3) is 3.75. The van der Waals surface area contributed by atoms with Gasteiger partial charge in [0.2, 0.25) is 5.71 Å². The highest BCUT2D eigenvalue weighted by molar-refractivity contribution is 6.64. The van der Waals surface area contributed by atoms with E-state index in [-0.39, 0.29) is 6.61 Å². The fourth-order valence-corrected chi connectivity index (χ4v) is 1.17. The quantitative estimate of drug-likeness (QED) is 0.223. The van der Waals surface area contributed by atoms with Gasteiger partial charge in [-0.05, 0) is 25.7 Å². The molecule has 0 aromatic rings. The lowest BCUT2D eigenvalue weighted by molar-refractivity contribution is -0.123. The van der Waals surface area contributed by atoms with E-state index in [9.17, 15) is 9.59 Å². The number of nitriles is 1. The van der Waals surface area contributed by atoms with Crippen LogP contribution in [-0.2, 0) is 14.4 Å². The van der Waals surface area contributed by atoms with Gasteiger partial charge in [0, 0.05) is 6.54 Å². The number of nitrogens with zero attached hydrogens (tertiary/aromatic N) is 3. The predicted octanol–water partition coefficient (Wildman–Crippen LogP) is -0.416. The first-order chi connectivity index (χ1) is 8.10. The van der Waals surface area contributed by atoms with Crippen LogP contribution in [0.5, 0.6) is 0 Å². The molecule has 1 aliphatic rings. The molecule has 0 radical (unpaired) electrons. The Balaban J connectivity index is 2.74. The molecular formula is C10H14N4O3. The van der Waals surface area contributed by atoms with Crippen LogP contribution in [0.25, 0.3) is 0 Å². The van der Waals surface area contributed by atoms with Crippen LogP contribution in [-0.4, -0.2) is 35.6 Å². The van der Waals surface area contributed by atoms with Gasteiger partial charge < -0.3 is 10.6 Å². The minimum atomic E-state index is -1.00. The molecule has 0 bridgehead atoms. The summed E-state index contributed by atoms with van der Waals surface area (Å²) in [4.78, 5) is 28.3. The van der Waals surface area contributed by atoms with Crippen molar-refractivity contribution < 1.29 is 14.4 Å². The van der Waals surface area contributed by atoms with Gasteiger partial charge in [-0.1, -0.05) is 5.16 Å². The van der Waals surface area contributed by atoms with Gasteiger partial charge in [0.15, 0.2) is 6.19 Å². The molecule has 0 spiro atoms. The molecule has 7 nitrogen and oxygen atoms in total. The number of nitrogens with two attached hydrogens (primary N) is 1. The molecule has 92 valence electrons. The second-order valence-corrected chi connectivity index (χ2v) is 3.68. The number of primary amides is 1. The summed E-state index contributed by atoms with van der Waals surface area (Å²) in [5.74, 6) is -1.47. The van der Waals surface area contributed by atoms with Crippen LogP contribution in [0, 0.1) is 17.4 Å². The average Bonchev–Trinajstić information content (AvgIpc) is 3.09. The summed E-state index contributed by atoms with van der Waals surface area (Å²) >= 11 is 0. The van der Waals surface area contributed by atoms with Crippen molar-refractivity contribution in [2.45, 2.75) is 19.8 Å². The molecule has 0 saturated heterocycles. The van der Waals surface area contributed by atoms with E-state index in [2.05, 4.69) is 9.99 Å². The number of oxime groups is 1. The van der Waals surface area contributed by atoms with E-state index in [0.29, 0.717) is 12.5 Å². The molecule has 2 amide bonds. The third-order valence-corrected chi connectivity index (χ3v) is 2.22. The molecular weight excluding hydrogens is 224 g/mol. The lowest BCUT2D eigenvalue weighted by Gasteiger charge is -2.12. The second kappa shape index (κ2) is 5.84. The summed E-state index contributed by atoms with van der Waals surface area (Å²) in [6.07, 6.45) is 3.70. The van der Waals surface area contributed by atoms with E-state index in [0.717, 1.165) is 17.7 Å². The number of hydrogen-bond acceptors (Lipinski definition) is 5. The maximum atomic E-state index is 11.8. The van der Waals surface area contributed by atoms with Gasteiger partial charge in [0.05, 0.1) is 0 Å². The summed E-state index contributed by atoms with van der Waals surface area (Å²) < 4.78 is 0. The normalized spacial score (nSPS) is 14.9. The first-order valence-electron chi connectivity index (χ1n) is 5.31. The predicted molar refractivity (Wildman–Crippen MR) is 58.3 cm³/mol. The highest BCUT2D eigenvalue weighted by atomic mass is 16.6. The van der Waals surface area contributed by atoms with E-state index < -0.39 is 17.5 Å². The molecule has 2 N–H and O–H groups in total. The topological polar surface area (TPSA) is 109 Å². The van der Waals surface area contributed by atoms with Gasteiger partial charge in [-0.25, -0.2) is 4.90 Å². The van der Waals surface area contributed by atoms with Crippen molar-refractivity contribution in [1.82, 2.24) is 4.90 Å². The van der Waals surface area contributed by atoms with E-state index >= 15 is 0 Å². The van der Waals surface area contributed by atoms with Gasteiger partial charge in [0.1, 0.15) is 6.61 Å². The number of hydrogen-bond donors (Lipinski definition) is 1. The molecule has 7 heteroatoms. The van der Waals surface area contributed by atoms with Crippen molar-refractivity contribution in [3.63, 3.8) is 0 Å². The van der Waals surface area contributed by atoms with Crippen LogP contribution in [0.4, 0.5) is 0 Å². The van der Waals surface area contributed by atoms with Gasteiger partial charge in [0.25, 0.3) is 11.8 Å². The third-order valence-electron chi connectivity index (χ3n) is 2.22. The van der Waals surface area contributed by atoms with Crippen molar-refractivity contribution >= 4 is 17.5 Å². The average molecular weight is 238 g/mol. The summed E-state index contributed by atoms with van der Waals surface area (Å²) in [5, 5.41) is 12.2. The van der Waals surface area contributed by atoms with Crippen molar-refractivity contribution in [2.24, 2.45) is 16.8 Å². The highest BCUT2D eigenvalue weighted by Gasteiger charge is 2.31. The molecule has 0 aromatic carbocycles. The van der Waals surface area contributed by atoms with Crippen LogP contribution >= 0.6 is 0 Å². The van der Waals surface area contributed by atoms with Crippen LogP contribution in [0.3, 0.4) is 0 Å². The molecule has 0 atom stereocenters. The van der Waals surface area contributed by atoms with Crippen LogP contribution in [0.2, 0.25) is 0 Å². The fraction of sp³-hybridized carbons (Fsp3) is 0.600. The number of carbonyl (C=O) groups is 2. The maximum absolute atomic E-state index is 11.8. The first-order valence-corrected chi connectivity index (χ1v) is 5.31. The van der Waals surface area contributed by atoms with Crippen molar-refractivity contribution in [3.8, 4) is 6.19 Å². The van der Waals surface area contributed by atoms with Crippen molar-refractivity contribution in [2.75, 3.05) is 13.2 Å². The molecule has 0 aromatic heterocycles. The zero-order chi connectivity index (χ0) is 12.8. The summed E-state index contributed by atoms with van der Waals surface area (Å²) in [5.41, 5.74) is 4.46. The van der Waals surface area contributed by atoms with E-state index in [1.807, 2.05) is 0 Å². The molecule has 1 saturated carbocycles. The maximum Gasteiger partial charge on any atom is 0.294 e. The van der Waals surface area contributed by atoms with E-state index in [1.165, 1.54) is 0 Å². The minimum absolute atomic E-state index is 0.208. The Labute approximate surface area is 98.8 Å². The van der Waals surface area contributed by atoms with E-state index in [1.54, 1.807) is 13.1 Å². The summed E-state index contributed by atoms with van der Waals surface area (Å²) in [7, 11) is 0. The van der Waals surface area contributed by atoms with Crippen molar-refractivity contribution in [3.05, 3.63) is 0 Å². The van der Waals surface area contributed by atoms with Crippen LogP contribution in [0.15, 0.2) is 5.16 Å². The fourth-order valence-electron chi connectivity index (χ4n) is 1.17. The monoisotopic (exact) mass is 238 g/mol. The van der Waals surface area contributed by atoms with Crippen LogP contribution < -0.4 is 5.73 Å². The second-order valence-electron chi connectivity index (χ2n) is 3.68. The molecule has 0 aliphatic heterocycles. The Morgan fingerprint density at radius 2 is 2.24 bits per heavy atom. The Kier molecular flexibility index (Phi) is 4.46. The van der Waals surface area contributed by atoms with Crippen LogP contribution in [0.1, 0.15) is 19.8 Å². The Hall–Kier alpha value is -2.10. The molecule has 1 fully saturated rings.